The molecule has 164 valence electrons. The van der Waals surface area contributed by atoms with Crippen LogP contribution < -0.4 is 4.31 Å². The van der Waals surface area contributed by atoms with E-state index in [1.807, 2.05) is 0 Å². The zero-order valence-corrected chi connectivity index (χ0v) is 19.1. The van der Waals surface area contributed by atoms with E-state index in [1.165, 1.54) is 25.1 Å². The van der Waals surface area contributed by atoms with Crippen LogP contribution >= 0.6 is 23.2 Å². The van der Waals surface area contributed by atoms with Gasteiger partial charge in [-0.1, -0.05) is 53.5 Å². The lowest BCUT2D eigenvalue weighted by molar-refractivity contribution is -0.137. The number of carbonyl (C=O) groups excluding carboxylic acids is 1. The molecule has 9 heteroatoms. The van der Waals surface area contributed by atoms with E-state index in [4.69, 9.17) is 23.2 Å². The number of carbonyl (C=O) groups is 2. The van der Waals surface area contributed by atoms with Crippen molar-refractivity contribution in [2.75, 3.05) is 4.31 Å². The van der Waals surface area contributed by atoms with Gasteiger partial charge >= 0.3 is 5.97 Å². The smallest absolute Gasteiger partial charge is 0.305 e. The minimum atomic E-state index is -4.24. The topological polar surface area (TPSA) is 91.8 Å². The normalized spacial score (nSPS) is 15.1. The van der Waals surface area contributed by atoms with Crippen LogP contribution in [-0.4, -0.2) is 25.3 Å². The van der Waals surface area contributed by atoms with Gasteiger partial charge in [-0.05, 0) is 48.4 Å². The molecular formula is C23H17Cl2NO5S. The van der Waals surface area contributed by atoms with Gasteiger partial charge in [0.1, 0.15) is 0 Å². The summed E-state index contributed by atoms with van der Waals surface area (Å²) in [5, 5.41) is 9.88. The molecule has 0 saturated heterocycles. The second kappa shape index (κ2) is 8.24. The molecule has 0 spiro atoms. The Hall–Kier alpha value is -2.87. The van der Waals surface area contributed by atoms with Crippen LogP contribution in [0, 0.1) is 0 Å². The lowest BCUT2D eigenvalue weighted by atomic mass is 9.86. The van der Waals surface area contributed by atoms with E-state index in [0.29, 0.717) is 27.9 Å². The van der Waals surface area contributed by atoms with Crippen molar-refractivity contribution in [1.82, 2.24) is 0 Å². The molecule has 1 aliphatic heterocycles. The van der Waals surface area contributed by atoms with Gasteiger partial charge in [0.05, 0.1) is 33.1 Å². The standard InChI is InChI=1S/C23H17Cl2NO5S/c1-13(27)14-6-8-16-17-4-2-3-5-21(17)26(22(12-23(28)29)18(16)10-14)32(30,31)15-7-9-19(24)20(25)11-15/h2-11,22H,12H2,1H3,(H,28,29). The number of para-hydroxylation sites is 1. The van der Waals surface area contributed by atoms with Gasteiger partial charge in [-0.25, -0.2) is 8.42 Å². The first kappa shape index (κ1) is 22.3. The molecule has 0 aliphatic carbocycles. The molecule has 1 aliphatic rings. The van der Waals surface area contributed by atoms with E-state index < -0.39 is 28.5 Å². The maximum Gasteiger partial charge on any atom is 0.305 e. The Morgan fingerprint density at radius 2 is 1.69 bits per heavy atom. The van der Waals surface area contributed by atoms with Gasteiger partial charge in [-0.3, -0.25) is 13.9 Å². The van der Waals surface area contributed by atoms with Crippen molar-refractivity contribution in [3.8, 4) is 11.1 Å². The number of fused-ring (bicyclic) bond motifs is 3. The Kier molecular flexibility index (Phi) is 5.75. The number of anilines is 1. The fourth-order valence-corrected chi connectivity index (χ4v) is 5.93. The number of sulfonamides is 1. The van der Waals surface area contributed by atoms with Crippen molar-refractivity contribution in [2.24, 2.45) is 0 Å². The first-order valence-electron chi connectivity index (χ1n) is 9.57. The molecule has 1 unspecified atom stereocenters. The Labute approximate surface area is 195 Å². The number of rotatable bonds is 5. The van der Waals surface area contributed by atoms with Crippen molar-refractivity contribution in [1.29, 1.82) is 0 Å². The Morgan fingerprint density at radius 3 is 2.34 bits per heavy atom. The lowest BCUT2D eigenvalue weighted by Gasteiger charge is -2.38. The fraction of sp³-hybridized carbons (Fsp3) is 0.130. The van der Waals surface area contributed by atoms with Crippen LogP contribution in [0.15, 0.2) is 65.6 Å². The summed E-state index contributed by atoms with van der Waals surface area (Å²) in [5.74, 6) is -1.39. The average molecular weight is 490 g/mol. The quantitative estimate of drug-likeness (QED) is 0.471. The van der Waals surface area contributed by atoms with E-state index >= 15 is 0 Å². The van der Waals surface area contributed by atoms with Crippen LogP contribution in [0.1, 0.15) is 35.3 Å². The summed E-state index contributed by atoms with van der Waals surface area (Å²) in [5.41, 5.74) is 2.45. The third kappa shape index (κ3) is 3.77. The van der Waals surface area contributed by atoms with Gasteiger partial charge in [0.15, 0.2) is 5.78 Å². The number of benzene rings is 3. The summed E-state index contributed by atoms with van der Waals surface area (Å²) in [4.78, 5) is 23.7. The number of hydrogen-bond donors (Lipinski definition) is 1. The van der Waals surface area contributed by atoms with Crippen molar-refractivity contribution >= 4 is 50.7 Å². The number of aliphatic carboxylic acids is 1. The molecule has 0 fully saturated rings. The molecule has 4 rings (SSSR count). The molecule has 0 aromatic heterocycles. The van der Waals surface area contributed by atoms with Gasteiger partial charge in [0.25, 0.3) is 10.0 Å². The maximum atomic E-state index is 13.8. The first-order valence-corrected chi connectivity index (χ1v) is 11.8. The van der Waals surface area contributed by atoms with E-state index in [9.17, 15) is 23.1 Å². The molecule has 3 aromatic rings. The van der Waals surface area contributed by atoms with Crippen LogP contribution in [0.4, 0.5) is 5.69 Å². The summed E-state index contributed by atoms with van der Waals surface area (Å²) >= 11 is 12.0. The van der Waals surface area contributed by atoms with Crippen LogP contribution in [0.5, 0.6) is 0 Å². The Bertz CT molecular complexity index is 1370. The van der Waals surface area contributed by atoms with Crippen LogP contribution in [0.2, 0.25) is 10.0 Å². The van der Waals surface area contributed by atoms with Gasteiger partial charge in [-0.15, -0.1) is 0 Å². The van der Waals surface area contributed by atoms with Gasteiger partial charge in [0.2, 0.25) is 0 Å². The highest BCUT2D eigenvalue weighted by molar-refractivity contribution is 7.92. The predicted molar refractivity (Wildman–Crippen MR) is 123 cm³/mol. The highest BCUT2D eigenvalue weighted by Gasteiger charge is 2.40. The minimum Gasteiger partial charge on any atom is -0.481 e. The van der Waals surface area contributed by atoms with Crippen molar-refractivity contribution < 1.29 is 23.1 Å². The highest BCUT2D eigenvalue weighted by Crippen LogP contribution is 2.48. The summed E-state index contributed by atoms with van der Waals surface area (Å²) in [6.07, 6.45) is -0.497. The number of carboxylic acids is 1. The van der Waals surface area contributed by atoms with E-state index in [0.717, 1.165) is 4.31 Å². The van der Waals surface area contributed by atoms with Crippen molar-refractivity contribution in [2.45, 2.75) is 24.3 Å². The molecule has 0 saturated carbocycles. The van der Waals surface area contributed by atoms with Gasteiger partial charge in [-0.2, -0.15) is 0 Å². The Morgan fingerprint density at radius 1 is 0.969 bits per heavy atom. The minimum absolute atomic E-state index is 0.0621. The summed E-state index contributed by atoms with van der Waals surface area (Å²) in [6, 6.07) is 14.6. The molecular weight excluding hydrogens is 473 g/mol. The third-order valence-electron chi connectivity index (χ3n) is 5.35. The zero-order valence-electron chi connectivity index (χ0n) is 16.7. The number of Topliss-reactive ketones (excluding diaryl/α,β-unsaturated/α-hetero) is 1. The number of nitrogens with zero attached hydrogens (tertiary/aromatic N) is 1. The summed E-state index contributed by atoms with van der Waals surface area (Å²) in [6.45, 7) is 1.40. The summed E-state index contributed by atoms with van der Waals surface area (Å²) in [7, 11) is -4.24. The highest BCUT2D eigenvalue weighted by atomic mass is 35.5. The molecule has 0 amide bonds. The number of ketones is 1. The summed E-state index contributed by atoms with van der Waals surface area (Å²) < 4.78 is 28.7. The van der Waals surface area contributed by atoms with Crippen molar-refractivity contribution in [3.63, 3.8) is 0 Å². The fourth-order valence-electron chi connectivity index (χ4n) is 3.90. The monoisotopic (exact) mass is 489 g/mol. The number of hydrogen-bond acceptors (Lipinski definition) is 4. The average Bonchev–Trinajstić information content (AvgIpc) is 2.74. The van der Waals surface area contributed by atoms with E-state index in [-0.39, 0.29) is 20.7 Å². The van der Waals surface area contributed by atoms with Crippen molar-refractivity contribution in [3.05, 3.63) is 81.8 Å². The zero-order chi connectivity index (χ0) is 23.2. The predicted octanol–water partition coefficient (Wildman–Crippen LogP) is 5.59. The SMILES string of the molecule is CC(=O)c1ccc2c(c1)C(CC(=O)O)N(S(=O)(=O)c1ccc(Cl)c(Cl)c1)c1ccccc1-2. The molecule has 32 heavy (non-hydrogen) atoms. The molecule has 0 radical (unpaired) electrons. The van der Waals surface area contributed by atoms with Crippen LogP contribution in [-0.2, 0) is 14.8 Å². The Balaban J connectivity index is 2.02. The van der Waals surface area contributed by atoms with E-state index in [2.05, 4.69) is 0 Å². The van der Waals surface area contributed by atoms with Gasteiger partial charge < -0.3 is 5.11 Å². The lowest BCUT2D eigenvalue weighted by Crippen LogP contribution is -2.38. The van der Waals surface area contributed by atoms with E-state index in [1.54, 1.807) is 42.5 Å². The van der Waals surface area contributed by atoms with Crippen LogP contribution in [0.25, 0.3) is 11.1 Å². The second-order valence-electron chi connectivity index (χ2n) is 7.37. The molecule has 0 bridgehead atoms. The number of carboxylic acid groups (broad SMARTS) is 1. The van der Waals surface area contributed by atoms with Crippen LogP contribution in [0.3, 0.4) is 0 Å². The second-order valence-corrected chi connectivity index (χ2v) is 10.00. The molecule has 1 N–H and O–H groups in total. The first-order chi connectivity index (χ1) is 15.1. The molecule has 1 atom stereocenters. The van der Waals surface area contributed by atoms with Gasteiger partial charge in [0, 0.05) is 11.1 Å². The largest absolute Gasteiger partial charge is 0.481 e. The number of halogens is 2. The molecule has 1 heterocycles. The maximum absolute atomic E-state index is 13.8. The molecule has 6 nitrogen and oxygen atoms in total. The molecule has 3 aromatic carbocycles. The third-order valence-corrected chi connectivity index (χ3v) is 7.91.